The molecular formula is C17H15NO7. The number of para-hydroxylation sites is 1. The molecule has 8 heteroatoms. The van der Waals surface area contributed by atoms with Crippen molar-refractivity contribution in [2.45, 2.75) is 12.5 Å². The fourth-order valence-electron chi connectivity index (χ4n) is 2.71. The third kappa shape index (κ3) is 2.72. The molecule has 1 aliphatic heterocycles. The Balaban J connectivity index is 2.34. The number of hydrogen-bond donors (Lipinski definition) is 3. The van der Waals surface area contributed by atoms with Crippen LogP contribution in [0.5, 0.6) is 11.5 Å². The van der Waals surface area contributed by atoms with Gasteiger partial charge in [-0.3, -0.25) is 4.79 Å². The highest BCUT2D eigenvalue weighted by atomic mass is 16.5. The van der Waals surface area contributed by atoms with Crippen LogP contribution in [0, 0.1) is 0 Å². The van der Waals surface area contributed by atoms with Gasteiger partial charge in [-0.1, -0.05) is 18.2 Å². The molecule has 1 atom stereocenters. The molecule has 1 unspecified atom stereocenters. The van der Waals surface area contributed by atoms with Crippen molar-refractivity contribution in [2.75, 3.05) is 7.11 Å². The van der Waals surface area contributed by atoms with Crippen molar-refractivity contribution in [2.24, 2.45) is 5.73 Å². The van der Waals surface area contributed by atoms with Crippen LogP contribution in [-0.2, 0) is 16.1 Å². The number of aliphatic hydroxyl groups excluding tert-OH is 1. The maximum Gasteiger partial charge on any atom is 0.340 e. The zero-order valence-corrected chi connectivity index (χ0v) is 13.2. The van der Waals surface area contributed by atoms with Crippen LogP contribution in [0.15, 0.2) is 51.0 Å². The van der Waals surface area contributed by atoms with Crippen molar-refractivity contribution < 1.29 is 28.9 Å². The van der Waals surface area contributed by atoms with E-state index in [0.717, 1.165) is 6.07 Å². The van der Waals surface area contributed by atoms with Gasteiger partial charge in [0.2, 0.25) is 17.1 Å². The summed E-state index contributed by atoms with van der Waals surface area (Å²) in [6.45, 7) is -0.525. The number of nitrogens with two attached hydrogens (primary N) is 1. The van der Waals surface area contributed by atoms with Gasteiger partial charge in [-0.25, -0.2) is 4.79 Å². The molecule has 0 aliphatic carbocycles. The average Bonchev–Trinajstić information content (AvgIpc) is 2.61. The summed E-state index contributed by atoms with van der Waals surface area (Å²) < 4.78 is 15.6. The Morgan fingerprint density at radius 2 is 2.08 bits per heavy atom. The normalized spacial score (nSPS) is 16.2. The number of benzene rings is 1. The van der Waals surface area contributed by atoms with Crippen LogP contribution in [0.3, 0.4) is 0 Å². The fourth-order valence-corrected chi connectivity index (χ4v) is 2.71. The lowest BCUT2D eigenvalue weighted by atomic mass is 9.86. The number of ether oxygens (including phenoxy) is 2. The molecule has 0 spiro atoms. The quantitative estimate of drug-likeness (QED) is 0.693. The summed E-state index contributed by atoms with van der Waals surface area (Å²) in [6, 6.07) is 7.28. The van der Waals surface area contributed by atoms with E-state index in [0.29, 0.717) is 0 Å². The molecule has 0 fully saturated rings. The topological polar surface area (TPSA) is 132 Å². The minimum atomic E-state index is -1.03. The Hall–Kier alpha value is -3.26. The van der Waals surface area contributed by atoms with Gasteiger partial charge < -0.3 is 29.8 Å². The molecule has 1 aliphatic rings. The maximum absolute atomic E-state index is 12.2. The molecule has 2 heterocycles. The van der Waals surface area contributed by atoms with Gasteiger partial charge in [0.15, 0.2) is 5.76 Å². The summed E-state index contributed by atoms with van der Waals surface area (Å²) in [6.07, 6.45) is 0. The van der Waals surface area contributed by atoms with Gasteiger partial charge in [0.25, 0.3) is 0 Å². The number of carbonyl (C=O) groups is 1. The summed E-state index contributed by atoms with van der Waals surface area (Å²) in [5.41, 5.74) is 5.42. The average molecular weight is 345 g/mol. The number of esters is 1. The molecule has 1 aromatic heterocycles. The van der Waals surface area contributed by atoms with Gasteiger partial charge in [-0.05, 0) is 6.07 Å². The molecule has 0 radical (unpaired) electrons. The zero-order chi connectivity index (χ0) is 18.1. The molecule has 25 heavy (non-hydrogen) atoms. The minimum Gasteiger partial charge on any atom is -0.508 e. The van der Waals surface area contributed by atoms with Crippen molar-refractivity contribution in [3.8, 4) is 11.5 Å². The first-order chi connectivity index (χ1) is 12.0. The molecule has 2 aromatic rings. The van der Waals surface area contributed by atoms with E-state index in [1.807, 2.05) is 0 Å². The first-order valence-electron chi connectivity index (χ1n) is 7.29. The summed E-state index contributed by atoms with van der Waals surface area (Å²) in [5, 5.41) is 19.5. The number of aromatic hydroxyl groups is 1. The van der Waals surface area contributed by atoms with Gasteiger partial charge >= 0.3 is 5.97 Å². The minimum absolute atomic E-state index is 0.0162. The third-order valence-corrected chi connectivity index (χ3v) is 3.82. The highest BCUT2D eigenvalue weighted by molar-refractivity contribution is 5.92. The molecule has 3 rings (SSSR count). The van der Waals surface area contributed by atoms with Gasteiger partial charge in [-0.2, -0.15) is 0 Å². The highest BCUT2D eigenvalue weighted by Crippen LogP contribution is 2.44. The van der Waals surface area contributed by atoms with Crippen LogP contribution in [0.1, 0.15) is 23.0 Å². The lowest BCUT2D eigenvalue weighted by molar-refractivity contribution is -0.136. The van der Waals surface area contributed by atoms with Crippen LogP contribution >= 0.6 is 0 Å². The summed E-state index contributed by atoms with van der Waals surface area (Å²) in [5.74, 6) is -2.56. The molecule has 0 amide bonds. The van der Waals surface area contributed by atoms with E-state index in [9.17, 15) is 19.8 Å². The molecule has 8 nitrogen and oxygen atoms in total. The van der Waals surface area contributed by atoms with Gasteiger partial charge in [-0.15, -0.1) is 0 Å². The smallest absolute Gasteiger partial charge is 0.340 e. The van der Waals surface area contributed by atoms with Gasteiger partial charge in [0, 0.05) is 11.6 Å². The zero-order valence-electron chi connectivity index (χ0n) is 13.2. The standard InChI is InChI=1S/C17H15NO7/c1-23-17(22)13-12(9-4-2-3-5-10(9)20)15-14(25-16(13)18)11(21)6-8(7-19)24-15/h2-6,12,19-20H,7,18H2,1H3. The van der Waals surface area contributed by atoms with Crippen LogP contribution in [0.25, 0.3) is 0 Å². The second-order valence-electron chi connectivity index (χ2n) is 5.29. The largest absolute Gasteiger partial charge is 0.508 e. The summed E-state index contributed by atoms with van der Waals surface area (Å²) >= 11 is 0. The van der Waals surface area contributed by atoms with Crippen molar-refractivity contribution in [1.82, 2.24) is 0 Å². The van der Waals surface area contributed by atoms with E-state index in [1.54, 1.807) is 18.2 Å². The van der Waals surface area contributed by atoms with Crippen LogP contribution in [-0.4, -0.2) is 23.3 Å². The second-order valence-corrected chi connectivity index (χ2v) is 5.29. The number of phenols is 1. The molecule has 4 N–H and O–H groups in total. The second kappa shape index (κ2) is 6.33. The molecule has 0 saturated heterocycles. The lowest BCUT2D eigenvalue weighted by Crippen LogP contribution is -2.29. The number of methoxy groups -OCH3 is 1. The number of phenolic OH excluding ortho intramolecular Hbond substituents is 1. The predicted molar refractivity (Wildman–Crippen MR) is 84.7 cm³/mol. The molecule has 0 bridgehead atoms. The van der Waals surface area contributed by atoms with E-state index in [2.05, 4.69) is 0 Å². The number of carbonyl (C=O) groups excluding carboxylic acids is 1. The first kappa shape index (κ1) is 16.6. The Bertz CT molecular complexity index is 929. The summed E-state index contributed by atoms with van der Waals surface area (Å²) in [7, 11) is 1.17. The molecule has 130 valence electrons. The SMILES string of the molecule is COC(=O)C1=C(N)Oc2c(oc(CO)cc2=O)C1c1ccccc1O. The van der Waals surface area contributed by atoms with Crippen LogP contribution in [0.2, 0.25) is 0 Å². The number of hydrogen-bond acceptors (Lipinski definition) is 8. The molecule has 1 aromatic carbocycles. The van der Waals surface area contributed by atoms with E-state index >= 15 is 0 Å². The van der Waals surface area contributed by atoms with Crippen molar-refractivity contribution in [3.05, 3.63) is 69.1 Å². The van der Waals surface area contributed by atoms with E-state index < -0.39 is 23.9 Å². The Labute approximate surface area is 141 Å². The predicted octanol–water partition coefficient (Wildman–Crippen LogP) is 0.705. The molecule has 0 saturated carbocycles. The van der Waals surface area contributed by atoms with Crippen molar-refractivity contribution >= 4 is 5.97 Å². The van der Waals surface area contributed by atoms with Gasteiger partial charge in [0.1, 0.15) is 23.7 Å². The Kier molecular flexibility index (Phi) is 4.20. The van der Waals surface area contributed by atoms with Gasteiger partial charge in [0.05, 0.1) is 13.0 Å². The van der Waals surface area contributed by atoms with E-state index in [4.69, 9.17) is 19.6 Å². The number of rotatable bonds is 3. The van der Waals surface area contributed by atoms with Crippen LogP contribution < -0.4 is 15.9 Å². The first-order valence-corrected chi connectivity index (χ1v) is 7.29. The Morgan fingerprint density at radius 3 is 2.72 bits per heavy atom. The van der Waals surface area contributed by atoms with Crippen LogP contribution in [0.4, 0.5) is 0 Å². The number of aliphatic hydroxyl groups is 1. The van der Waals surface area contributed by atoms with E-state index in [1.165, 1.54) is 13.2 Å². The monoisotopic (exact) mass is 345 g/mol. The Morgan fingerprint density at radius 1 is 1.36 bits per heavy atom. The molecular weight excluding hydrogens is 330 g/mol. The maximum atomic E-state index is 12.2. The van der Waals surface area contributed by atoms with E-state index in [-0.39, 0.29) is 40.0 Å². The highest BCUT2D eigenvalue weighted by Gasteiger charge is 2.40. The third-order valence-electron chi connectivity index (χ3n) is 3.82. The van der Waals surface area contributed by atoms with Crippen molar-refractivity contribution in [1.29, 1.82) is 0 Å². The number of fused-ring (bicyclic) bond motifs is 1. The summed E-state index contributed by atoms with van der Waals surface area (Å²) in [4.78, 5) is 24.5. The van der Waals surface area contributed by atoms with Crippen molar-refractivity contribution in [3.63, 3.8) is 0 Å². The lowest BCUT2D eigenvalue weighted by Gasteiger charge is -2.27. The fraction of sp³-hybridized carbons (Fsp3) is 0.176.